The zero-order valence-electron chi connectivity index (χ0n) is 16.8. The Bertz CT molecular complexity index is 1120. The molecular formula is C22H21FN6O. The van der Waals surface area contributed by atoms with E-state index >= 15 is 0 Å². The first-order chi connectivity index (χ1) is 14.2. The van der Waals surface area contributed by atoms with E-state index in [1.807, 2.05) is 26.8 Å². The molecule has 3 N–H and O–H groups in total. The van der Waals surface area contributed by atoms with E-state index in [1.165, 1.54) is 18.2 Å². The molecule has 1 amide bonds. The third kappa shape index (κ3) is 5.52. The molecule has 3 rings (SSSR count). The number of nitrogens with zero attached hydrogens (tertiary/aromatic N) is 3. The first-order valence-electron chi connectivity index (χ1n) is 9.23. The number of nitrogens with one attached hydrogen (secondary N) is 3. The van der Waals surface area contributed by atoms with Crippen molar-refractivity contribution < 1.29 is 9.18 Å². The normalized spacial score (nSPS) is 11.6. The minimum atomic E-state index is -0.472. The number of halogens is 1. The van der Waals surface area contributed by atoms with E-state index in [0.29, 0.717) is 22.6 Å². The first kappa shape index (κ1) is 20.7. The molecule has 0 radical (unpaired) electrons. The van der Waals surface area contributed by atoms with Gasteiger partial charge in [0.15, 0.2) is 5.82 Å². The van der Waals surface area contributed by atoms with Crippen molar-refractivity contribution in [2.75, 3.05) is 5.32 Å². The molecule has 0 aliphatic heterocycles. The molecule has 8 heteroatoms. The second-order valence-corrected chi connectivity index (χ2v) is 7.58. The molecular weight excluding hydrogens is 383 g/mol. The summed E-state index contributed by atoms with van der Waals surface area (Å²) in [5, 5.41) is 21.8. The number of rotatable bonds is 3. The Morgan fingerprint density at radius 2 is 1.90 bits per heavy atom. The fourth-order valence-corrected chi connectivity index (χ4v) is 2.62. The van der Waals surface area contributed by atoms with Crippen LogP contribution in [0.1, 0.15) is 36.7 Å². The number of aromatic amines is 1. The van der Waals surface area contributed by atoms with Crippen molar-refractivity contribution in [2.24, 2.45) is 4.99 Å². The van der Waals surface area contributed by atoms with Crippen molar-refractivity contribution in [3.05, 3.63) is 71.5 Å². The number of H-pyrrole nitrogens is 1. The topological polar surface area (TPSA) is 106 Å². The number of nitriles is 1. The van der Waals surface area contributed by atoms with Crippen LogP contribution in [-0.4, -0.2) is 27.6 Å². The van der Waals surface area contributed by atoms with E-state index in [9.17, 15) is 9.18 Å². The highest BCUT2D eigenvalue weighted by Crippen LogP contribution is 2.20. The Hall–Kier alpha value is -3.99. The van der Waals surface area contributed by atoms with E-state index in [1.54, 1.807) is 36.4 Å². The summed E-state index contributed by atoms with van der Waals surface area (Å²) in [4.78, 5) is 17.2. The lowest BCUT2D eigenvalue weighted by Gasteiger charge is -2.17. The molecule has 0 bridgehead atoms. The lowest BCUT2D eigenvalue weighted by molar-refractivity contribution is 0.0976. The van der Waals surface area contributed by atoms with Gasteiger partial charge in [-0.1, -0.05) is 6.07 Å². The summed E-state index contributed by atoms with van der Waals surface area (Å²) in [7, 11) is 0. The number of hydrogen-bond donors (Lipinski definition) is 3. The summed E-state index contributed by atoms with van der Waals surface area (Å²) >= 11 is 0. The van der Waals surface area contributed by atoms with Gasteiger partial charge >= 0.3 is 0 Å². The zero-order valence-corrected chi connectivity index (χ0v) is 16.8. The zero-order chi connectivity index (χ0) is 21.7. The van der Waals surface area contributed by atoms with Gasteiger partial charge in [0.05, 0.1) is 22.9 Å². The fraction of sp³-hybridized carbons (Fsp3) is 0.182. The van der Waals surface area contributed by atoms with E-state index in [0.717, 1.165) is 5.56 Å². The first-order valence-corrected chi connectivity index (χ1v) is 9.23. The van der Waals surface area contributed by atoms with Crippen LogP contribution in [0, 0.1) is 17.1 Å². The van der Waals surface area contributed by atoms with Crippen LogP contribution in [0.3, 0.4) is 0 Å². The molecule has 0 saturated heterocycles. The van der Waals surface area contributed by atoms with Crippen molar-refractivity contribution >= 4 is 17.7 Å². The van der Waals surface area contributed by atoms with E-state index in [2.05, 4.69) is 25.8 Å². The molecule has 3 aromatic rings. The number of aromatic nitrogens is 2. The SMILES string of the molecule is CC(C)(C)N=C(NC(=O)c1cccc(C#N)c1)Nc1cc(-c2ccc(F)cc2)[nH]n1. The van der Waals surface area contributed by atoms with Gasteiger partial charge in [0.1, 0.15) is 5.82 Å². The average molecular weight is 404 g/mol. The van der Waals surface area contributed by atoms with Crippen LogP contribution in [0.5, 0.6) is 0 Å². The van der Waals surface area contributed by atoms with Gasteiger partial charge in [-0.2, -0.15) is 10.4 Å². The maximum absolute atomic E-state index is 13.1. The van der Waals surface area contributed by atoms with Crippen molar-refractivity contribution in [2.45, 2.75) is 26.3 Å². The van der Waals surface area contributed by atoms with Gasteiger partial charge in [-0.25, -0.2) is 9.38 Å². The highest BCUT2D eigenvalue weighted by molar-refractivity contribution is 6.10. The van der Waals surface area contributed by atoms with Gasteiger partial charge in [0.25, 0.3) is 5.91 Å². The van der Waals surface area contributed by atoms with E-state index in [-0.39, 0.29) is 11.8 Å². The maximum atomic E-state index is 13.1. The molecule has 0 fully saturated rings. The van der Waals surface area contributed by atoms with Gasteiger partial charge in [0.2, 0.25) is 5.96 Å². The standard InChI is InChI=1S/C22H21FN6O/c1-22(2,3)27-21(26-20(30)16-6-4-5-14(11-16)13-24)25-19-12-18(28-29-19)15-7-9-17(23)10-8-15/h4-12H,1-3H3,(H3,25,26,27,28,29,30). The predicted octanol–water partition coefficient (Wildman–Crippen LogP) is 4.08. The van der Waals surface area contributed by atoms with Crippen LogP contribution >= 0.6 is 0 Å². The van der Waals surface area contributed by atoms with Gasteiger partial charge < -0.3 is 5.32 Å². The molecule has 0 spiro atoms. The Kier molecular flexibility index (Phi) is 5.93. The monoisotopic (exact) mass is 404 g/mol. The summed E-state index contributed by atoms with van der Waals surface area (Å²) in [6, 6.07) is 16.1. The maximum Gasteiger partial charge on any atom is 0.258 e. The minimum Gasteiger partial charge on any atom is -0.309 e. The van der Waals surface area contributed by atoms with Gasteiger partial charge in [-0.15, -0.1) is 0 Å². The number of carbonyl (C=O) groups is 1. The molecule has 0 aliphatic carbocycles. The summed E-state index contributed by atoms with van der Waals surface area (Å²) in [5.41, 5.74) is 1.71. The van der Waals surface area contributed by atoms with Crippen LogP contribution in [0.25, 0.3) is 11.3 Å². The quantitative estimate of drug-likeness (QED) is 0.452. The van der Waals surface area contributed by atoms with E-state index in [4.69, 9.17) is 5.26 Å². The van der Waals surface area contributed by atoms with Crippen molar-refractivity contribution in [3.63, 3.8) is 0 Å². The second kappa shape index (κ2) is 8.57. The summed E-state index contributed by atoms with van der Waals surface area (Å²) in [6.45, 7) is 5.68. The Morgan fingerprint density at radius 3 is 2.57 bits per heavy atom. The highest BCUT2D eigenvalue weighted by Gasteiger charge is 2.16. The largest absolute Gasteiger partial charge is 0.309 e. The summed E-state index contributed by atoms with van der Waals surface area (Å²) in [6.07, 6.45) is 0. The van der Waals surface area contributed by atoms with E-state index < -0.39 is 11.4 Å². The minimum absolute atomic E-state index is 0.215. The Labute approximate surface area is 173 Å². The van der Waals surface area contributed by atoms with Gasteiger partial charge in [0, 0.05) is 11.6 Å². The lowest BCUT2D eigenvalue weighted by atomic mass is 10.1. The number of anilines is 1. The van der Waals surface area contributed by atoms with Crippen LogP contribution in [-0.2, 0) is 0 Å². The Morgan fingerprint density at radius 1 is 1.17 bits per heavy atom. The summed E-state index contributed by atoms with van der Waals surface area (Å²) < 4.78 is 13.1. The Balaban J connectivity index is 1.81. The molecule has 0 saturated carbocycles. The molecule has 1 heterocycles. The molecule has 152 valence electrons. The van der Waals surface area contributed by atoms with Crippen LogP contribution in [0.2, 0.25) is 0 Å². The molecule has 30 heavy (non-hydrogen) atoms. The smallest absolute Gasteiger partial charge is 0.258 e. The molecule has 1 aromatic heterocycles. The van der Waals surface area contributed by atoms with Crippen molar-refractivity contribution in [1.82, 2.24) is 15.5 Å². The molecule has 0 aliphatic rings. The average Bonchev–Trinajstić information content (AvgIpc) is 3.15. The third-order valence-electron chi connectivity index (χ3n) is 3.91. The number of carbonyl (C=O) groups excluding carboxylic acids is 1. The number of benzene rings is 2. The van der Waals surface area contributed by atoms with Crippen molar-refractivity contribution in [3.8, 4) is 17.3 Å². The predicted molar refractivity (Wildman–Crippen MR) is 113 cm³/mol. The number of amides is 1. The van der Waals surface area contributed by atoms with Crippen molar-refractivity contribution in [1.29, 1.82) is 5.26 Å². The fourth-order valence-electron chi connectivity index (χ4n) is 2.62. The highest BCUT2D eigenvalue weighted by atomic mass is 19.1. The molecule has 7 nitrogen and oxygen atoms in total. The van der Waals surface area contributed by atoms with Crippen LogP contribution in [0.4, 0.5) is 10.2 Å². The van der Waals surface area contributed by atoms with Gasteiger partial charge in [-0.05, 0) is 68.8 Å². The molecule has 0 atom stereocenters. The summed E-state index contributed by atoms with van der Waals surface area (Å²) in [5.74, 6) is -0.0771. The van der Waals surface area contributed by atoms with Gasteiger partial charge in [-0.3, -0.25) is 15.2 Å². The number of aliphatic imine (C=N–C) groups is 1. The molecule has 2 aromatic carbocycles. The number of guanidine groups is 1. The number of hydrogen-bond acceptors (Lipinski definition) is 4. The lowest BCUT2D eigenvalue weighted by Crippen LogP contribution is -2.38. The van der Waals surface area contributed by atoms with Crippen LogP contribution < -0.4 is 10.6 Å². The molecule has 0 unspecified atom stereocenters. The third-order valence-corrected chi connectivity index (χ3v) is 3.91. The van der Waals surface area contributed by atoms with Crippen LogP contribution in [0.15, 0.2) is 59.6 Å². The second-order valence-electron chi connectivity index (χ2n) is 7.58.